The molecule has 17 heavy (non-hydrogen) atoms. The topological polar surface area (TPSA) is 64.2 Å². The Hall–Kier alpha value is -1.36. The number of nitrogens with two attached hydrogens (primary N) is 1. The van der Waals surface area contributed by atoms with Gasteiger partial charge in [-0.1, -0.05) is 6.92 Å². The lowest BCUT2D eigenvalue weighted by molar-refractivity contribution is 0.0781. The molecule has 1 heterocycles. The average Bonchev–Trinajstić information content (AvgIpc) is 2.81. The summed E-state index contributed by atoms with van der Waals surface area (Å²) in [4.78, 5) is 17.9. The summed E-state index contributed by atoms with van der Waals surface area (Å²) in [5.74, 6) is 1.44. The second-order valence-electron chi connectivity index (χ2n) is 4.94. The Morgan fingerprint density at radius 3 is 3.00 bits per heavy atom. The molecule has 0 bridgehead atoms. The molecule has 1 aromatic rings. The number of carbonyl (C=O) groups is 1. The van der Waals surface area contributed by atoms with E-state index in [-0.39, 0.29) is 5.91 Å². The van der Waals surface area contributed by atoms with Gasteiger partial charge in [-0.3, -0.25) is 4.79 Å². The van der Waals surface area contributed by atoms with Crippen LogP contribution in [0.15, 0.2) is 12.5 Å². The number of imidazole rings is 1. The first kappa shape index (κ1) is 12.1. The van der Waals surface area contributed by atoms with Gasteiger partial charge in [-0.25, -0.2) is 4.98 Å². The van der Waals surface area contributed by atoms with Crippen molar-refractivity contribution in [3.63, 3.8) is 0 Å². The Morgan fingerprint density at radius 2 is 2.41 bits per heavy atom. The highest BCUT2D eigenvalue weighted by Gasteiger charge is 2.34. The fraction of sp³-hybridized carbons (Fsp3) is 0.667. The molecule has 0 aromatic carbocycles. The van der Waals surface area contributed by atoms with Gasteiger partial charge in [-0.15, -0.1) is 0 Å². The zero-order valence-corrected chi connectivity index (χ0v) is 10.5. The monoisotopic (exact) mass is 236 g/mol. The highest BCUT2D eigenvalue weighted by molar-refractivity contribution is 5.91. The van der Waals surface area contributed by atoms with Crippen molar-refractivity contribution in [3.05, 3.63) is 18.2 Å². The number of aromatic nitrogens is 2. The van der Waals surface area contributed by atoms with Gasteiger partial charge in [0.1, 0.15) is 5.69 Å². The van der Waals surface area contributed by atoms with Crippen LogP contribution in [0.4, 0.5) is 0 Å². The van der Waals surface area contributed by atoms with E-state index in [0.29, 0.717) is 24.7 Å². The highest BCUT2D eigenvalue weighted by Crippen LogP contribution is 2.38. The number of amides is 1. The van der Waals surface area contributed by atoms with Crippen molar-refractivity contribution in [2.75, 3.05) is 20.1 Å². The van der Waals surface area contributed by atoms with Crippen molar-refractivity contribution in [3.8, 4) is 0 Å². The molecule has 0 aliphatic heterocycles. The minimum absolute atomic E-state index is 0.000119. The molecule has 2 unspecified atom stereocenters. The first-order chi connectivity index (χ1) is 8.11. The fourth-order valence-electron chi connectivity index (χ4n) is 2.03. The Labute approximate surface area is 102 Å². The minimum atomic E-state index is -0.000119. The van der Waals surface area contributed by atoms with Gasteiger partial charge in [-0.05, 0) is 18.3 Å². The maximum absolute atomic E-state index is 12.1. The van der Waals surface area contributed by atoms with E-state index in [1.807, 2.05) is 11.6 Å². The normalized spacial score (nSPS) is 22.5. The molecule has 0 spiro atoms. The summed E-state index contributed by atoms with van der Waals surface area (Å²) >= 11 is 0. The van der Waals surface area contributed by atoms with Crippen LogP contribution in [0.25, 0.3) is 0 Å². The second-order valence-corrected chi connectivity index (χ2v) is 4.94. The third kappa shape index (κ3) is 2.85. The van der Waals surface area contributed by atoms with E-state index in [1.165, 1.54) is 6.42 Å². The van der Waals surface area contributed by atoms with Crippen molar-refractivity contribution in [2.24, 2.45) is 17.6 Å². The van der Waals surface area contributed by atoms with Crippen LogP contribution in [0.1, 0.15) is 23.8 Å². The van der Waals surface area contributed by atoms with Crippen LogP contribution in [0.3, 0.4) is 0 Å². The molecule has 94 valence electrons. The van der Waals surface area contributed by atoms with E-state index < -0.39 is 0 Å². The Balaban J connectivity index is 1.93. The number of hydrogen-bond donors (Lipinski definition) is 1. The summed E-state index contributed by atoms with van der Waals surface area (Å²) in [5, 5.41) is 0. The van der Waals surface area contributed by atoms with E-state index in [2.05, 4.69) is 11.9 Å². The van der Waals surface area contributed by atoms with Crippen molar-refractivity contribution >= 4 is 5.91 Å². The summed E-state index contributed by atoms with van der Waals surface area (Å²) in [6.45, 7) is 4.31. The Kier molecular flexibility index (Phi) is 3.47. The molecule has 0 saturated heterocycles. The summed E-state index contributed by atoms with van der Waals surface area (Å²) in [6.07, 6.45) is 4.66. The largest absolute Gasteiger partial charge is 0.340 e. The number of nitrogens with zero attached hydrogens (tertiary/aromatic N) is 3. The molecule has 1 aromatic heterocycles. The van der Waals surface area contributed by atoms with Gasteiger partial charge >= 0.3 is 0 Å². The van der Waals surface area contributed by atoms with Crippen LogP contribution < -0.4 is 5.73 Å². The van der Waals surface area contributed by atoms with Crippen LogP contribution >= 0.6 is 0 Å². The summed E-state index contributed by atoms with van der Waals surface area (Å²) in [7, 11) is 1.84. The van der Waals surface area contributed by atoms with Gasteiger partial charge in [-0.2, -0.15) is 0 Å². The summed E-state index contributed by atoms with van der Waals surface area (Å²) in [5.41, 5.74) is 5.96. The SMILES string of the molecule is CC1CC1CN(C)C(=O)c1cn(CCN)cn1. The first-order valence-corrected chi connectivity index (χ1v) is 6.09. The maximum Gasteiger partial charge on any atom is 0.273 e. The fourth-order valence-corrected chi connectivity index (χ4v) is 2.03. The summed E-state index contributed by atoms with van der Waals surface area (Å²) < 4.78 is 1.85. The van der Waals surface area contributed by atoms with E-state index in [0.717, 1.165) is 12.5 Å². The van der Waals surface area contributed by atoms with Crippen molar-refractivity contribution in [1.82, 2.24) is 14.5 Å². The lowest BCUT2D eigenvalue weighted by Crippen LogP contribution is -2.29. The van der Waals surface area contributed by atoms with Gasteiger partial charge in [0.05, 0.1) is 6.33 Å². The molecule has 0 radical (unpaired) electrons. The molecule has 1 fully saturated rings. The van der Waals surface area contributed by atoms with Crippen LogP contribution in [-0.2, 0) is 6.54 Å². The van der Waals surface area contributed by atoms with Gasteiger partial charge < -0.3 is 15.2 Å². The molecule has 1 aliphatic rings. The van der Waals surface area contributed by atoms with Gasteiger partial charge in [0.25, 0.3) is 5.91 Å². The second kappa shape index (κ2) is 4.87. The van der Waals surface area contributed by atoms with E-state index in [1.54, 1.807) is 17.4 Å². The van der Waals surface area contributed by atoms with Crippen molar-refractivity contribution in [2.45, 2.75) is 19.9 Å². The molecular formula is C12H20N4O. The van der Waals surface area contributed by atoms with E-state index >= 15 is 0 Å². The Bertz CT molecular complexity index is 401. The average molecular weight is 236 g/mol. The van der Waals surface area contributed by atoms with E-state index in [4.69, 9.17) is 5.73 Å². The van der Waals surface area contributed by atoms with Gasteiger partial charge in [0.2, 0.25) is 0 Å². The quantitative estimate of drug-likeness (QED) is 0.813. The molecular weight excluding hydrogens is 216 g/mol. The zero-order valence-electron chi connectivity index (χ0n) is 10.5. The number of rotatable bonds is 5. The highest BCUT2D eigenvalue weighted by atomic mass is 16.2. The maximum atomic E-state index is 12.1. The lowest BCUT2D eigenvalue weighted by atomic mass is 10.3. The molecule has 5 nitrogen and oxygen atoms in total. The van der Waals surface area contributed by atoms with Crippen LogP contribution in [0.2, 0.25) is 0 Å². The van der Waals surface area contributed by atoms with Crippen LogP contribution in [0, 0.1) is 11.8 Å². The van der Waals surface area contributed by atoms with Gasteiger partial charge in [0, 0.05) is 32.9 Å². The third-order valence-electron chi connectivity index (χ3n) is 3.37. The summed E-state index contributed by atoms with van der Waals surface area (Å²) in [6, 6.07) is 0. The minimum Gasteiger partial charge on any atom is -0.340 e. The molecule has 2 N–H and O–H groups in total. The smallest absolute Gasteiger partial charge is 0.273 e. The lowest BCUT2D eigenvalue weighted by Gasteiger charge is -2.15. The van der Waals surface area contributed by atoms with Crippen LogP contribution in [-0.4, -0.2) is 40.5 Å². The number of carbonyl (C=O) groups excluding carboxylic acids is 1. The molecule has 2 rings (SSSR count). The predicted octanol–water partition coefficient (Wildman–Crippen LogP) is 0.570. The number of hydrogen-bond acceptors (Lipinski definition) is 3. The van der Waals surface area contributed by atoms with Crippen molar-refractivity contribution < 1.29 is 4.79 Å². The predicted molar refractivity (Wildman–Crippen MR) is 65.5 cm³/mol. The molecule has 2 atom stereocenters. The van der Waals surface area contributed by atoms with E-state index in [9.17, 15) is 4.79 Å². The standard InChI is InChI=1S/C12H20N4O/c1-9-5-10(9)6-15(2)12(17)11-7-16(4-3-13)8-14-11/h7-10H,3-6,13H2,1-2H3. The van der Waals surface area contributed by atoms with Crippen molar-refractivity contribution in [1.29, 1.82) is 0 Å². The van der Waals surface area contributed by atoms with Gasteiger partial charge in [0.15, 0.2) is 0 Å². The molecule has 1 amide bonds. The molecule has 5 heteroatoms. The molecule has 1 aliphatic carbocycles. The Morgan fingerprint density at radius 1 is 1.71 bits per heavy atom. The molecule has 1 saturated carbocycles. The third-order valence-corrected chi connectivity index (χ3v) is 3.37. The van der Waals surface area contributed by atoms with Crippen LogP contribution in [0.5, 0.6) is 0 Å². The first-order valence-electron chi connectivity index (χ1n) is 6.09. The zero-order chi connectivity index (χ0) is 12.4.